The van der Waals surface area contributed by atoms with Crippen LogP contribution in [0.15, 0.2) is 18.2 Å². The van der Waals surface area contributed by atoms with Gasteiger partial charge in [-0.25, -0.2) is 4.79 Å². The topological polar surface area (TPSA) is 136 Å². The first-order chi connectivity index (χ1) is 9.38. The first-order valence-electron chi connectivity index (χ1n) is 5.95. The van der Waals surface area contributed by atoms with Gasteiger partial charge in [-0.15, -0.1) is 0 Å². The minimum atomic E-state index is -1.20. The number of nitro benzene ring substituents is 1. The highest BCUT2D eigenvalue weighted by atomic mass is 16.6. The third-order valence-corrected chi connectivity index (χ3v) is 2.68. The highest BCUT2D eigenvalue weighted by Gasteiger charge is 2.26. The molecule has 1 aromatic rings. The van der Waals surface area contributed by atoms with E-state index < -0.39 is 28.5 Å². The van der Waals surface area contributed by atoms with Gasteiger partial charge in [-0.3, -0.25) is 14.9 Å². The molecule has 0 aromatic heterocycles. The molecule has 0 spiro atoms. The normalized spacial score (nSPS) is 11.7. The summed E-state index contributed by atoms with van der Waals surface area (Å²) in [5.74, 6) is -2.06. The van der Waals surface area contributed by atoms with Crippen LogP contribution in [0.3, 0.4) is 0 Å². The van der Waals surface area contributed by atoms with Gasteiger partial charge in [0.05, 0.1) is 10.6 Å². The van der Waals surface area contributed by atoms with Crippen LogP contribution in [0, 0.1) is 10.1 Å². The van der Waals surface area contributed by atoms with Crippen molar-refractivity contribution in [1.29, 1.82) is 0 Å². The van der Waals surface area contributed by atoms with E-state index in [-0.39, 0.29) is 17.7 Å². The second-order valence-corrected chi connectivity index (χ2v) is 4.15. The van der Waals surface area contributed by atoms with Crippen LogP contribution in [0.4, 0.5) is 11.4 Å². The Bertz CT molecular complexity index is 544. The van der Waals surface area contributed by atoms with E-state index in [0.29, 0.717) is 6.42 Å². The van der Waals surface area contributed by atoms with Crippen LogP contribution in [0.1, 0.15) is 30.1 Å². The van der Waals surface area contributed by atoms with Gasteiger partial charge >= 0.3 is 5.97 Å². The molecule has 0 aliphatic heterocycles. The maximum atomic E-state index is 12.0. The molecule has 108 valence electrons. The fourth-order valence-corrected chi connectivity index (χ4v) is 1.73. The van der Waals surface area contributed by atoms with Gasteiger partial charge < -0.3 is 16.2 Å². The van der Waals surface area contributed by atoms with E-state index in [1.54, 1.807) is 6.92 Å². The number of carboxylic acid groups (broad SMARTS) is 1. The molecule has 0 fully saturated rings. The number of nitrogens with one attached hydrogen (secondary N) is 1. The number of aliphatic carboxylic acids is 1. The predicted molar refractivity (Wildman–Crippen MR) is 71.3 cm³/mol. The van der Waals surface area contributed by atoms with E-state index in [4.69, 9.17) is 10.8 Å². The maximum Gasteiger partial charge on any atom is 0.326 e. The fourth-order valence-electron chi connectivity index (χ4n) is 1.73. The zero-order chi connectivity index (χ0) is 15.3. The van der Waals surface area contributed by atoms with Gasteiger partial charge in [-0.05, 0) is 12.5 Å². The first kappa shape index (κ1) is 15.4. The van der Waals surface area contributed by atoms with Gasteiger partial charge in [0.25, 0.3) is 11.6 Å². The smallest absolute Gasteiger partial charge is 0.326 e. The summed E-state index contributed by atoms with van der Waals surface area (Å²) in [5.41, 5.74) is 4.73. The number of rotatable bonds is 6. The number of carbonyl (C=O) groups is 2. The van der Waals surface area contributed by atoms with Crippen LogP contribution in [-0.4, -0.2) is 27.9 Å². The van der Waals surface area contributed by atoms with Crippen molar-refractivity contribution in [3.63, 3.8) is 0 Å². The highest BCUT2D eigenvalue weighted by Crippen LogP contribution is 2.24. The average molecular weight is 281 g/mol. The molecule has 0 heterocycles. The Morgan fingerprint density at radius 2 is 2.15 bits per heavy atom. The number of nitrogen functional groups attached to an aromatic ring is 1. The van der Waals surface area contributed by atoms with Crippen LogP contribution in [-0.2, 0) is 4.79 Å². The molecule has 0 aliphatic carbocycles. The number of carbonyl (C=O) groups excluding carboxylic acids is 1. The Labute approximate surface area is 114 Å². The third kappa shape index (κ3) is 3.44. The molecule has 0 saturated carbocycles. The molecule has 0 radical (unpaired) electrons. The average Bonchev–Trinajstić information content (AvgIpc) is 2.37. The molecule has 1 unspecified atom stereocenters. The molecule has 0 aliphatic rings. The molecule has 0 saturated heterocycles. The highest BCUT2D eigenvalue weighted by molar-refractivity contribution is 6.04. The SMILES string of the molecule is CCCC(NC(=O)c1c(N)cccc1[N+](=O)[O-])C(=O)O. The summed E-state index contributed by atoms with van der Waals surface area (Å²) in [7, 11) is 0. The molecule has 20 heavy (non-hydrogen) atoms. The molecule has 0 bridgehead atoms. The van der Waals surface area contributed by atoms with Crippen LogP contribution in [0.5, 0.6) is 0 Å². The monoisotopic (exact) mass is 281 g/mol. The number of nitro groups is 1. The fraction of sp³-hybridized carbons (Fsp3) is 0.333. The summed E-state index contributed by atoms with van der Waals surface area (Å²) in [5, 5.41) is 22.1. The predicted octanol–water partition coefficient (Wildman–Crippen LogP) is 1.16. The molecule has 1 aromatic carbocycles. The maximum absolute atomic E-state index is 12.0. The van der Waals surface area contributed by atoms with E-state index in [9.17, 15) is 19.7 Å². The molecule has 8 heteroatoms. The first-order valence-corrected chi connectivity index (χ1v) is 5.95. The zero-order valence-corrected chi connectivity index (χ0v) is 10.8. The van der Waals surface area contributed by atoms with Crippen molar-refractivity contribution in [1.82, 2.24) is 5.32 Å². The minimum Gasteiger partial charge on any atom is -0.480 e. The minimum absolute atomic E-state index is 0.0719. The van der Waals surface area contributed by atoms with Crippen molar-refractivity contribution >= 4 is 23.3 Å². The van der Waals surface area contributed by atoms with Crippen molar-refractivity contribution in [3.8, 4) is 0 Å². The van der Waals surface area contributed by atoms with E-state index in [1.165, 1.54) is 12.1 Å². The number of hydrogen-bond acceptors (Lipinski definition) is 5. The summed E-state index contributed by atoms with van der Waals surface area (Å²) >= 11 is 0. The van der Waals surface area contributed by atoms with E-state index in [1.807, 2.05) is 0 Å². The molecular weight excluding hydrogens is 266 g/mol. The standard InChI is InChI=1S/C12H15N3O5/c1-2-4-8(12(17)18)14-11(16)10-7(13)5-3-6-9(10)15(19)20/h3,5-6,8H,2,4,13H2,1H3,(H,14,16)(H,17,18). The third-order valence-electron chi connectivity index (χ3n) is 2.68. The Morgan fingerprint density at radius 1 is 1.50 bits per heavy atom. The summed E-state index contributed by atoms with van der Waals surface area (Å²) in [6.07, 6.45) is 0.769. The number of carboxylic acids is 1. The van der Waals surface area contributed by atoms with Gasteiger partial charge in [0, 0.05) is 6.07 Å². The summed E-state index contributed by atoms with van der Waals surface area (Å²) in [6.45, 7) is 1.77. The number of hydrogen-bond donors (Lipinski definition) is 3. The van der Waals surface area contributed by atoms with Crippen molar-refractivity contribution < 1.29 is 19.6 Å². The molecule has 1 atom stereocenters. The Hall–Kier alpha value is -2.64. The zero-order valence-electron chi connectivity index (χ0n) is 10.8. The van der Waals surface area contributed by atoms with Crippen LogP contribution in [0.2, 0.25) is 0 Å². The van der Waals surface area contributed by atoms with Gasteiger partial charge in [-0.2, -0.15) is 0 Å². The number of nitrogens with two attached hydrogens (primary N) is 1. The van der Waals surface area contributed by atoms with E-state index in [2.05, 4.69) is 5.32 Å². The van der Waals surface area contributed by atoms with Crippen LogP contribution in [0.25, 0.3) is 0 Å². The molecule has 4 N–H and O–H groups in total. The number of nitrogens with zero attached hydrogens (tertiary/aromatic N) is 1. The van der Waals surface area contributed by atoms with Crippen molar-refractivity contribution in [3.05, 3.63) is 33.9 Å². The lowest BCUT2D eigenvalue weighted by Gasteiger charge is -2.14. The molecule has 8 nitrogen and oxygen atoms in total. The van der Waals surface area contributed by atoms with Gasteiger partial charge in [0.2, 0.25) is 0 Å². The van der Waals surface area contributed by atoms with E-state index in [0.717, 1.165) is 6.07 Å². The number of anilines is 1. The van der Waals surface area contributed by atoms with Gasteiger partial charge in [0.15, 0.2) is 0 Å². The lowest BCUT2D eigenvalue weighted by Crippen LogP contribution is -2.41. The second-order valence-electron chi connectivity index (χ2n) is 4.15. The van der Waals surface area contributed by atoms with Crippen LogP contribution >= 0.6 is 0 Å². The van der Waals surface area contributed by atoms with Crippen molar-refractivity contribution in [2.75, 3.05) is 5.73 Å². The summed E-state index contributed by atoms with van der Waals surface area (Å²) in [6, 6.07) is 2.73. The van der Waals surface area contributed by atoms with Crippen LogP contribution < -0.4 is 11.1 Å². The quantitative estimate of drug-likeness (QED) is 0.406. The van der Waals surface area contributed by atoms with Gasteiger partial charge in [-0.1, -0.05) is 19.4 Å². The van der Waals surface area contributed by atoms with Crippen molar-refractivity contribution in [2.24, 2.45) is 0 Å². The molecule has 1 rings (SSSR count). The lowest BCUT2D eigenvalue weighted by molar-refractivity contribution is -0.385. The lowest BCUT2D eigenvalue weighted by atomic mass is 10.1. The number of benzene rings is 1. The van der Waals surface area contributed by atoms with E-state index >= 15 is 0 Å². The van der Waals surface area contributed by atoms with Crippen molar-refractivity contribution in [2.45, 2.75) is 25.8 Å². The molecular formula is C12H15N3O5. The Balaban J connectivity index is 3.09. The second kappa shape index (κ2) is 6.50. The Morgan fingerprint density at radius 3 is 2.65 bits per heavy atom. The summed E-state index contributed by atoms with van der Waals surface area (Å²) in [4.78, 5) is 33.1. The molecule has 1 amide bonds. The summed E-state index contributed by atoms with van der Waals surface area (Å²) < 4.78 is 0. The van der Waals surface area contributed by atoms with Gasteiger partial charge in [0.1, 0.15) is 11.6 Å². The number of amides is 1. The largest absolute Gasteiger partial charge is 0.480 e. The Kier molecular flexibility index (Phi) is 5.01.